The smallest absolute Gasteiger partial charge is 0.0525 e. The first kappa shape index (κ1) is 8.75. The van der Waals surface area contributed by atoms with Crippen LogP contribution in [0.2, 0.25) is 0 Å². The number of nitrogens with zero attached hydrogens (tertiary/aromatic N) is 2. The molecule has 0 fully saturated rings. The van der Waals surface area contributed by atoms with Crippen molar-refractivity contribution in [2.45, 2.75) is 45.2 Å². The first-order valence-electron chi connectivity index (χ1n) is 4.99. The summed E-state index contributed by atoms with van der Waals surface area (Å²) < 4.78 is 2.13. The van der Waals surface area contributed by atoms with Crippen LogP contribution in [0.1, 0.15) is 37.6 Å². The normalized spacial score (nSPS) is 22.0. The lowest BCUT2D eigenvalue weighted by Crippen LogP contribution is -2.28. The van der Waals surface area contributed by atoms with Gasteiger partial charge in [0.25, 0.3) is 0 Å². The molecule has 0 amide bonds. The minimum atomic E-state index is 0.345. The van der Waals surface area contributed by atoms with Gasteiger partial charge in [-0.15, -0.1) is 0 Å². The standard InChI is InChI=1S/C10H17N3/c1-7(2)13-10-4-3-9(11)5-8(10)6-12-13/h6-7,9H,3-5,11H2,1-2H3/t9-/m0/s1. The lowest BCUT2D eigenvalue weighted by atomic mass is 9.94. The summed E-state index contributed by atoms with van der Waals surface area (Å²) in [5.41, 5.74) is 8.65. The molecule has 0 bridgehead atoms. The van der Waals surface area contributed by atoms with Crippen molar-refractivity contribution in [2.75, 3.05) is 0 Å². The maximum absolute atomic E-state index is 5.90. The highest BCUT2D eigenvalue weighted by molar-refractivity contribution is 5.22. The van der Waals surface area contributed by atoms with Crippen molar-refractivity contribution in [3.05, 3.63) is 17.5 Å². The summed E-state index contributed by atoms with van der Waals surface area (Å²) in [6, 6.07) is 0.815. The number of aromatic nitrogens is 2. The Balaban J connectivity index is 2.33. The molecular formula is C10H17N3. The van der Waals surface area contributed by atoms with Crippen molar-refractivity contribution in [2.24, 2.45) is 5.73 Å². The molecule has 3 nitrogen and oxygen atoms in total. The predicted octanol–water partition coefficient (Wildman–Crippen LogP) is 1.28. The highest BCUT2D eigenvalue weighted by Gasteiger charge is 2.20. The predicted molar refractivity (Wildman–Crippen MR) is 52.6 cm³/mol. The fourth-order valence-corrected chi connectivity index (χ4v) is 2.02. The van der Waals surface area contributed by atoms with Crippen molar-refractivity contribution in [3.8, 4) is 0 Å². The molecule has 1 aliphatic rings. The average molecular weight is 179 g/mol. The van der Waals surface area contributed by atoms with E-state index in [1.165, 1.54) is 11.3 Å². The van der Waals surface area contributed by atoms with Crippen LogP contribution in [0.25, 0.3) is 0 Å². The van der Waals surface area contributed by atoms with Crippen LogP contribution in [0, 0.1) is 0 Å². The fraction of sp³-hybridized carbons (Fsp3) is 0.700. The number of hydrogen-bond acceptors (Lipinski definition) is 2. The lowest BCUT2D eigenvalue weighted by Gasteiger charge is -2.20. The molecule has 1 atom stereocenters. The Morgan fingerprint density at radius 2 is 2.38 bits per heavy atom. The van der Waals surface area contributed by atoms with Crippen LogP contribution in [-0.4, -0.2) is 15.8 Å². The van der Waals surface area contributed by atoms with Gasteiger partial charge in [-0.05, 0) is 38.7 Å². The van der Waals surface area contributed by atoms with Gasteiger partial charge in [-0.25, -0.2) is 0 Å². The van der Waals surface area contributed by atoms with Gasteiger partial charge in [0.05, 0.1) is 6.20 Å². The van der Waals surface area contributed by atoms with Gasteiger partial charge in [0, 0.05) is 17.8 Å². The summed E-state index contributed by atoms with van der Waals surface area (Å²) in [6.45, 7) is 4.34. The summed E-state index contributed by atoms with van der Waals surface area (Å²) in [6.07, 6.45) is 5.18. The van der Waals surface area contributed by atoms with E-state index >= 15 is 0 Å². The molecule has 0 aliphatic heterocycles. The third kappa shape index (κ3) is 1.48. The van der Waals surface area contributed by atoms with Gasteiger partial charge in [0.2, 0.25) is 0 Å². The zero-order valence-electron chi connectivity index (χ0n) is 8.33. The third-order valence-electron chi connectivity index (χ3n) is 2.71. The first-order valence-corrected chi connectivity index (χ1v) is 4.99. The molecule has 0 unspecified atom stereocenters. The van der Waals surface area contributed by atoms with Crippen LogP contribution >= 0.6 is 0 Å². The van der Waals surface area contributed by atoms with Gasteiger partial charge < -0.3 is 5.73 Å². The Hall–Kier alpha value is -0.830. The molecule has 3 heteroatoms. The molecule has 72 valence electrons. The Morgan fingerprint density at radius 1 is 1.62 bits per heavy atom. The molecule has 1 aromatic rings. The molecule has 1 aliphatic carbocycles. The summed E-state index contributed by atoms with van der Waals surface area (Å²) in [5, 5.41) is 4.39. The minimum absolute atomic E-state index is 0.345. The molecule has 1 aromatic heterocycles. The molecule has 13 heavy (non-hydrogen) atoms. The zero-order valence-corrected chi connectivity index (χ0v) is 8.33. The largest absolute Gasteiger partial charge is 0.327 e. The van der Waals surface area contributed by atoms with Crippen LogP contribution < -0.4 is 5.73 Å². The highest BCUT2D eigenvalue weighted by atomic mass is 15.3. The van der Waals surface area contributed by atoms with E-state index in [-0.39, 0.29) is 0 Å². The number of rotatable bonds is 1. The van der Waals surface area contributed by atoms with E-state index in [0.717, 1.165) is 19.3 Å². The quantitative estimate of drug-likeness (QED) is 0.705. The van der Waals surface area contributed by atoms with Gasteiger partial charge in [0.15, 0.2) is 0 Å². The van der Waals surface area contributed by atoms with Gasteiger partial charge in [-0.2, -0.15) is 5.10 Å². The second-order valence-electron chi connectivity index (χ2n) is 4.16. The second-order valence-corrected chi connectivity index (χ2v) is 4.16. The number of nitrogens with two attached hydrogens (primary N) is 1. The molecule has 0 radical (unpaired) electrons. The van der Waals surface area contributed by atoms with Crippen LogP contribution in [0.4, 0.5) is 0 Å². The monoisotopic (exact) mass is 179 g/mol. The van der Waals surface area contributed by atoms with Crippen LogP contribution in [-0.2, 0) is 12.8 Å². The van der Waals surface area contributed by atoms with Crippen molar-refractivity contribution >= 4 is 0 Å². The van der Waals surface area contributed by atoms with Crippen molar-refractivity contribution < 1.29 is 0 Å². The van der Waals surface area contributed by atoms with Crippen LogP contribution in [0.5, 0.6) is 0 Å². The Kier molecular flexibility index (Phi) is 2.12. The van der Waals surface area contributed by atoms with Gasteiger partial charge >= 0.3 is 0 Å². The highest BCUT2D eigenvalue weighted by Crippen LogP contribution is 2.22. The van der Waals surface area contributed by atoms with Crippen LogP contribution in [0.3, 0.4) is 0 Å². The van der Waals surface area contributed by atoms with E-state index in [9.17, 15) is 0 Å². The van der Waals surface area contributed by atoms with Crippen molar-refractivity contribution in [1.82, 2.24) is 9.78 Å². The van der Waals surface area contributed by atoms with Gasteiger partial charge in [-0.3, -0.25) is 4.68 Å². The Labute approximate surface area is 78.9 Å². The average Bonchev–Trinajstić information content (AvgIpc) is 2.46. The number of hydrogen-bond donors (Lipinski definition) is 1. The Morgan fingerprint density at radius 3 is 3.08 bits per heavy atom. The topological polar surface area (TPSA) is 43.8 Å². The maximum atomic E-state index is 5.90. The molecule has 2 rings (SSSR count). The molecule has 0 saturated carbocycles. The lowest BCUT2D eigenvalue weighted by molar-refractivity contribution is 0.481. The van der Waals surface area contributed by atoms with Gasteiger partial charge in [0.1, 0.15) is 0 Å². The van der Waals surface area contributed by atoms with E-state index in [1.807, 2.05) is 6.20 Å². The van der Waals surface area contributed by atoms with E-state index in [0.29, 0.717) is 12.1 Å². The summed E-state index contributed by atoms with van der Waals surface area (Å²) in [7, 11) is 0. The molecule has 0 spiro atoms. The van der Waals surface area contributed by atoms with Crippen molar-refractivity contribution in [3.63, 3.8) is 0 Å². The second kappa shape index (κ2) is 3.14. The van der Waals surface area contributed by atoms with Crippen molar-refractivity contribution in [1.29, 1.82) is 0 Å². The summed E-state index contributed by atoms with van der Waals surface area (Å²) >= 11 is 0. The fourth-order valence-electron chi connectivity index (χ4n) is 2.02. The maximum Gasteiger partial charge on any atom is 0.0525 e. The first-order chi connectivity index (χ1) is 6.18. The minimum Gasteiger partial charge on any atom is -0.327 e. The van der Waals surface area contributed by atoms with Gasteiger partial charge in [-0.1, -0.05) is 0 Å². The summed E-state index contributed by atoms with van der Waals surface area (Å²) in [4.78, 5) is 0. The van der Waals surface area contributed by atoms with E-state index in [1.54, 1.807) is 0 Å². The molecule has 0 aromatic carbocycles. The molecular weight excluding hydrogens is 162 g/mol. The SMILES string of the molecule is CC(C)n1ncc2c1CC[C@H](N)C2. The molecule has 1 heterocycles. The number of fused-ring (bicyclic) bond motifs is 1. The summed E-state index contributed by atoms with van der Waals surface area (Å²) in [5.74, 6) is 0. The van der Waals surface area contributed by atoms with E-state index < -0.39 is 0 Å². The Bertz CT molecular complexity index is 301. The third-order valence-corrected chi connectivity index (χ3v) is 2.71. The molecule has 0 saturated heterocycles. The van der Waals surface area contributed by atoms with Crippen LogP contribution in [0.15, 0.2) is 6.20 Å². The molecule has 2 N–H and O–H groups in total. The van der Waals surface area contributed by atoms with E-state index in [4.69, 9.17) is 5.73 Å². The zero-order chi connectivity index (χ0) is 9.42. The van der Waals surface area contributed by atoms with E-state index in [2.05, 4.69) is 23.6 Å².